The number of allylic oxidation sites excluding steroid dienone is 2. The molecule has 0 bridgehead atoms. The zero-order valence-corrected chi connectivity index (χ0v) is 16.5. The molecule has 9 nitrogen and oxygen atoms in total. The number of ketones is 2. The van der Waals surface area contributed by atoms with E-state index in [0.717, 1.165) is 5.69 Å². The molecule has 1 aromatic carbocycles. The summed E-state index contributed by atoms with van der Waals surface area (Å²) in [4.78, 5) is 39.6. The number of amides is 1. The molecule has 30 heavy (non-hydrogen) atoms. The summed E-state index contributed by atoms with van der Waals surface area (Å²) >= 11 is 0. The van der Waals surface area contributed by atoms with E-state index in [0.29, 0.717) is 5.56 Å². The first kappa shape index (κ1) is 20.0. The van der Waals surface area contributed by atoms with Crippen LogP contribution in [0.25, 0.3) is 0 Å². The number of nitrogens with two attached hydrogens (primary N) is 1. The van der Waals surface area contributed by atoms with Gasteiger partial charge in [0.05, 0.1) is 5.56 Å². The molecular formula is C21H22N2O7. The molecule has 6 N–H and O–H groups in total. The van der Waals surface area contributed by atoms with Gasteiger partial charge in [-0.3, -0.25) is 14.4 Å². The number of aliphatic hydroxyl groups excluding tert-OH is 2. The summed E-state index contributed by atoms with van der Waals surface area (Å²) in [5.74, 6) is -6.24. The SMILES string of the molecule is CN(C)c1ccc(O)c2c1CC1C[C@H]3CC(O)=C(C(N)=O)C(=O)[C@@]3(O)C(O)=C1C2=O. The van der Waals surface area contributed by atoms with E-state index < -0.39 is 52.0 Å². The first-order chi connectivity index (χ1) is 14.0. The number of hydrogen-bond donors (Lipinski definition) is 5. The van der Waals surface area contributed by atoms with Crippen LogP contribution in [0.1, 0.15) is 28.8 Å². The molecule has 1 unspecified atom stereocenters. The van der Waals surface area contributed by atoms with Crippen molar-refractivity contribution < 1.29 is 34.8 Å². The quantitative estimate of drug-likeness (QED) is 0.441. The van der Waals surface area contributed by atoms with Crippen molar-refractivity contribution >= 4 is 23.2 Å². The second kappa shape index (κ2) is 6.33. The molecule has 3 atom stereocenters. The first-order valence-electron chi connectivity index (χ1n) is 9.49. The second-order valence-corrected chi connectivity index (χ2v) is 8.26. The highest BCUT2D eigenvalue weighted by Crippen LogP contribution is 2.52. The minimum Gasteiger partial charge on any atom is -0.511 e. The standard InChI is InChI=1S/C21H22N2O7/c1-23(2)11-3-4-12(24)15-10(11)6-8-5-9-7-13(25)16(20(22)29)19(28)21(9,30)18(27)14(8)17(15)26/h3-4,8-9,24-25,27,30H,5-7H2,1-2H3,(H2,22,29)/t8?,9-,21-/m0/s1. The van der Waals surface area contributed by atoms with Crippen molar-refractivity contribution in [3.05, 3.63) is 45.9 Å². The van der Waals surface area contributed by atoms with E-state index in [2.05, 4.69) is 0 Å². The van der Waals surface area contributed by atoms with Gasteiger partial charge in [0.1, 0.15) is 22.8 Å². The van der Waals surface area contributed by atoms with Crippen LogP contribution >= 0.6 is 0 Å². The van der Waals surface area contributed by atoms with Crippen molar-refractivity contribution in [1.29, 1.82) is 0 Å². The summed E-state index contributed by atoms with van der Waals surface area (Å²) in [6.45, 7) is 0. The van der Waals surface area contributed by atoms with Crippen molar-refractivity contribution in [2.24, 2.45) is 17.6 Å². The van der Waals surface area contributed by atoms with Gasteiger partial charge in [-0.15, -0.1) is 0 Å². The molecule has 0 aromatic heterocycles. The number of rotatable bonds is 2. The molecule has 0 spiro atoms. The second-order valence-electron chi connectivity index (χ2n) is 8.26. The number of anilines is 1. The molecule has 3 aliphatic carbocycles. The van der Waals surface area contributed by atoms with Crippen LogP contribution in [0.15, 0.2) is 34.8 Å². The third kappa shape index (κ3) is 2.41. The summed E-state index contributed by atoms with van der Waals surface area (Å²) in [6.07, 6.45) is 0.164. The molecule has 4 rings (SSSR count). The molecule has 0 heterocycles. The van der Waals surface area contributed by atoms with Crippen molar-refractivity contribution in [3.63, 3.8) is 0 Å². The van der Waals surface area contributed by atoms with Gasteiger partial charge in [-0.1, -0.05) is 0 Å². The van der Waals surface area contributed by atoms with Crippen LogP contribution in [0.3, 0.4) is 0 Å². The minimum atomic E-state index is -2.54. The van der Waals surface area contributed by atoms with Crippen LogP contribution in [0.2, 0.25) is 0 Å². The number of phenolic OH excluding ortho intramolecular Hbond substituents is 1. The monoisotopic (exact) mass is 414 g/mol. The third-order valence-electron chi connectivity index (χ3n) is 6.40. The molecular weight excluding hydrogens is 392 g/mol. The van der Waals surface area contributed by atoms with E-state index in [1.54, 1.807) is 25.1 Å². The Hall–Kier alpha value is -3.33. The molecule has 0 fully saturated rings. The fourth-order valence-corrected chi connectivity index (χ4v) is 5.02. The Bertz CT molecular complexity index is 1090. The van der Waals surface area contributed by atoms with Crippen LogP contribution in [-0.2, 0) is 16.0 Å². The summed E-state index contributed by atoms with van der Waals surface area (Å²) in [5, 5.41) is 42.6. The molecule has 9 heteroatoms. The van der Waals surface area contributed by atoms with Gasteiger partial charge in [-0.2, -0.15) is 0 Å². The number of fused-ring (bicyclic) bond motifs is 3. The van der Waals surface area contributed by atoms with Gasteiger partial charge in [0.2, 0.25) is 5.78 Å². The zero-order chi connectivity index (χ0) is 22.1. The molecule has 0 saturated heterocycles. The number of benzene rings is 1. The highest BCUT2D eigenvalue weighted by molar-refractivity contribution is 6.24. The third-order valence-corrected chi connectivity index (χ3v) is 6.40. The highest BCUT2D eigenvalue weighted by Gasteiger charge is 2.59. The Labute approximate surface area is 171 Å². The summed E-state index contributed by atoms with van der Waals surface area (Å²) in [6, 6.07) is 3.06. The van der Waals surface area contributed by atoms with Crippen LogP contribution in [0.5, 0.6) is 5.75 Å². The number of carbonyl (C=O) groups excluding carboxylic acids is 3. The maximum Gasteiger partial charge on any atom is 0.255 e. The molecule has 0 saturated carbocycles. The Morgan fingerprint density at radius 2 is 1.83 bits per heavy atom. The lowest BCUT2D eigenvalue weighted by atomic mass is 9.60. The van der Waals surface area contributed by atoms with Crippen LogP contribution in [0.4, 0.5) is 5.69 Å². The molecule has 1 amide bonds. The van der Waals surface area contributed by atoms with Gasteiger partial charge < -0.3 is 31.1 Å². The average Bonchev–Trinajstić information content (AvgIpc) is 2.64. The first-order valence-corrected chi connectivity index (χ1v) is 9.49. The lowest BCUT2D eigenvalue weighted by Crippen LogP contribution is -2.57. The maximum atomic E-state index is 13.3. The molecule has 0 aliphatic heterocycles. The van der Waals surface area contributed by atoms with E-state index in [1.165, 1.54) is 6.07 Å². The normalized spacial score (nSPS) is 28.1. The van der Waals surface area contributed by atoms with E-state index in [9.17, 15) is 34.8 Å². The van der Waals surface area contributed by atoms with Gasteiger partial charge in [0, 0.05) is 37.7 Å². The Morgan fingerprint density at radius 1 is 1.17 bits per heavy atom. The van der Waals surface area contributed by atoms with E-state index in [1.807, 2.05) is 0 Å². The van der Waals surface area contributed by atoms with Crippen LogP contribution in [0, 0.1) is 11.8 Å². The van der Waals surface area contributed by atoms with Gasteiger partial charge in [-0.05, 0) is 36.5 Å². The van der Waals surface area contributed by atoms with Crippen LogP contribution in [-0.4, -0.2) is 57.6 Å². The van der Waals surface area contributed by atoms with Crippen LogP contribution < -0.4 is 10.6 Å². The van der Waals surface area contributed by atoms with Crippen molar-refractivity contribution in [1.82, 2.24) is 0 Å². The van der Waals surface area contributed by atoms with Crippen molar-refractivity contribution in [3.8, 4) is 5.75 Å². The average molecular weight is 414 g/mol. The van der Waals surface area contributed by atoms with Crippen molar-refractivity contribution in [2.75, 3.05) is 19.0 Å². The fraction of sp³-hybridized carbons (Fsp3) is 0.381. The van der Waals surface area contributed by atoms with Gasteiger partial charge in [0.25, 0.3) is 5.91 Å². The Balaban J connectivity index is 1.92. The van der Waals surface area contributed by atoms with E-state index >= 15 is 0 Å². The number of carbonyl (C=O) groups is 3. The number of aromatic hydroxyl groups is 1. The van der Waals surface area contributed by atoms with E-state index in [4.69, 9.17) is 5.73 Å². The summed E-state index contributed by atoms with van der Waals surface area (Å²) in [7, 11) is 3.60. The zero-order valence-electron chi connectivity index (χ0n) is 16.5. The smallest absolute Gasteiger partial charge is 0.255 e. The number of primary amides is 1. The Kier molecular flexibility index (Phi) is 4.21. The minimum absolute atomic E-state index is 0.0119. The fourth-order valence-electron chi connectivity index (χ4n) is 5.02. The predicted molar refractivity (Wildman–Crippen MR) is 105 cm³/mol. The molecule has 0 radical (unpaired) electrons. The topological polar surface area (TPSA) is 161 Å². The summed E-state index contributed by atoms with van der Waals surface area (Å²) in [5.41, 5.74) is 3.05. The number of hydrogen-bond acceptors (Lipinski definition) is 8. The number of aliphatic hydroxyl groups is 3. The van der Waals surface area contributed by atoms with E-state index in [-0.39, 0.29) is 36.1 Å². The lowest BCUT2D eigenvalue weighted by Gasteiger charge is -2.45. The predicted octanol–water partition coefficient (Wildman–Crippen LogP) is 0.647. The molecule has 1 aromatic rings. The summed E-state index contributed by atoms with van der Waals surface area (Å²) < 4.78 is 0. The lowest BCUT2D eigenvalue weighted by molar-refractivity contribution is -0.144. The van der Waals surface area contributed by atoms with Crippen molar-refractivity contribution in [2.45, 2.75) is 24.9 Å². The Morgan fingerprint density at radius 3 is 2.43 bits per heavy atom. The largest absolute Gasteiger partial charge is 0.511 e. The van der Waals surface area contributed by atoms with Gasteiger partial charge in [0.15, 0.2) is 11.4 Å². The number of phenols is 1. The van der Waals surface area contributed by atoms with Gasteiger partial charge >= 0.3 is 0 Å². The van der Waals surface area contributed by atoms with Gasteiger partial charge in [-0.25, -0.2) is 0 Å². The maximum absolute atomic E-state index is 13.3. The number of nitrogens with zero attached hydrogens (tertiary/aromatic N) is 1. The number of Topliss-reactive ketones (excluding diaryl/α,β-unsaturated/α-hetero) is 2. The molecule has 3 aliphatic rings. The molecule has 158 valence electrons. The highest BCUT2D eigenvalue weighted by atomic mass is 16.3.